The number of hydrogen-bond donors (Lipinski definition) is 0. The van der Waals surface area contributed by atoms with E-state index in [4.69, 9.17) is 23.7 Å². The van der Waals surface area contributed by atoms with E-state index in [0.717, 1.165) is 0 Å². The molecule has 0 bridgehead atoms. The minimum absolute atomic E-state index is 0.130. The molecule has 1 saturated heterocycles. The van der Waals surface area contributed by atoms with Crippen LogP contribution < -0.4 is 0 Å². The van der Waals surface area contributed by atoms with Gasteiger partial charge in [0.1, 0.15) is 12.2 Å². The van der Waals surface area contributed by atoms with Crippen molar-refractivity contribution < 1.29 is 28.5 Å². The van der Waals surface area contributed by atoms with Gasteiger partial charge in [0, 0.05) is 0 Å². The second-order valence-electron chi connectivity index (χ2n) is 6.21. The van der Waals surface area contributed by atoms with Crippen LogP contribution in [0.5, 0.6) is 0 Å². The van der Waals surface area contributed by atoms with Gasteiger partial charge < -0.3 is 23.7 Å². The van der Waals surface area contributed by atoms with Crippen LogP contribution in [0.15, 0.2) is 43.0 Å². The van der Waals surface area contributed by atoms with Crippen molar-refractivity contribution in [2.24, 2.45) is 0 Å². The average Bonchev–Trinajstić information content (AvgIpc) is 2.94. The number of carbonyl (C=O) groups excluding carboxylic acids is 1. The molecule has 2 rings (SSSR count). The normalized spacial score (nSPS) is 20.2. The van der Waals surface area contributed by atoms with Gasteiger partial charge in [0.05, 0.1) is 38.6 Å². The molecular weight excluding hydrogens is 324 g/mol. The average molecular weight is 350 g/mol. The maximum absolute atomic E-state index is 12.2. The fourth-order valence-corrected chi connectivity index (χ4v) is 2.37. The van der Waals surface area contributed by atoms with Gasteiger partial charge in [0.2, 0.25) is 0 Å². The molecule has 25 heavy (non-hydrogen) atoms. The Morgan fingerprint density at radius 3 is 2.68 bits per heavy atom. The summed E-state index contributed by atoms with van der Waals surface area (Å²) < 4.78 is 27.7. The zero-order chi connectivity index (χ0) is 18.1. The SMILES string of the molecule is C=CCOCC(COCC1COC(C)(C)O1)OC(=O)c1ccccc1. The summed E-state index contributed by atoms with van der Waals surface area (Å²) in [5, 5.41) is 0. The van der Waals surface area contributed by atoms with Crippen LogP contribution in [0, 0.1) is 0 Å². The van der Waals surface area contributed by atoms with Crippen molar-refractivity contribution in [3.05, 3.63) is 48.6 Å². The molecule has 1 fully saturated rings. The first-order valence-electron chi connectivity index (χ1n) is 8.34. The molecule has 0 aromatic heterocycles. The molecule has 0 amide bonds. The molecule has 6 nitrogen and oxygen atoms in total. The van der Waals surface area contributed by atoms with E-state index in [0.29, 0.717) is 25.4 Å². The van der Waals surface area contributed by atoms with Crippen LogP contribution in [0.1, 0.15) is 24.2 Å². The first-order valence-corrected chi connectivity index (χ1v) is 8.34. The van der Waals surface area contributed by atoms with Gasteiger partial charge in [-0.1, -0.05) is 24.3 Å². The lowest BCUT2D eigenvalue weighted by Crippen LogP contribution is -2.31. The van der Waals surface area contributed by atoms with Gasteiger partial charge in [0.25, 0.3) is 0 Å². The predicted molar refractivity (Wildman–Crippen MR) is 92.4 cm³/mol. The Kier molecular flexibility index (Phi) is 7.58. The van der Waals surface area contributed by atoms with Crippen molar-refractivity contribution in [2.45, 2.75) is 31.8 Å². The third-order valence-corrected chi connectivity index (χ3v) is 3.50. The third kappa shape index (κ3) is 6.96. The van der Waals surface area contributed by atoms with Crippen LogP contribution in [0.2, 0.25) is 0 Å². The number of hydrogen-bond acceptors (Lipinski definition) is 6. The molecule has 1 aromatic rings. The quantitative estimate of drug-likeness (QED) is 0.367. The Bertz CT molecular complexity index is 542. The van der Waals surface area contributed by atoms with Gasteiger partial charge in [-0.15, -0.1) is 6.58 Å². The van der Waals surface area contributed by atoms with E-state index in [2.05, 4.69) is 6.58 Å². The van der Waals surface area contributed by atoms with Gasteiger partial charge in [-0.3, -0.25) is 0 Å². The van der Waals surface area contributed by atoms with Crippen LogP contribution >= 0.6 is 0 Å². The third-order valence-electron chi connectivity index (χ3n) is 3.50. The van der Waals surface area contributed by atoms with E-state index in [1.807, 2.05) is 19.9 Å². The highest BCUT2D eigenvalue weighted by Crippen LogP contribution is 2.22. The standard InChI is InChI=1S/C19H26O6/c1-4-10-21-11-16(24-18(20)15-8-6-5-7-9-15)12-22-13-17-14-23-19(2,3)25-17/h4-9,16-17H,1,10-14H2,2-3H3. The Morgan fingerprint density at radius 2 is 2.04 bits per heavy atom. The molecule has 0 N–H and O–H groups in total. The van der Waals surface area contributed by atoms with Crippen LogP contribution in [0.4, 0.5) is 0 Å². The second kappa shape index (κ2) is 9.68. The Morgan fingerprint density at radius 1 is 1.32 bits per heavy atom. The highest BCUT2D eigenvalue weighted by Gasteiger charge is 2.32. The summed E-state index contributed by atoms with van der Waals surface area (Å²) in [6, 6.07) is 8.83. The highest BCUT2D eigenvalue weighted by molar-refractivity contribution is 5.89. The molecule has 1 aliphatic rings. The lowest BCUT2D eigenvalue weighted by molar-refractivity contribution is -0.146. The largest absolute Gasteiger partial charge is 0.454 e. The number of esters is 1. The number of ether oxygens (including phenoxy) is 5. The topological polar surface area (TPSA) is 63.2 Å². The Balaban J connectivity index is 1.80. The number of carbonyl (C=O) groups is 1. The summed E-state index contributed by atoms with van der Waals surface area (Å²) in [5.74, 6) is -0.988. The molecule has 1 heterocycles. The molecular formula is C19H26O6. The van der Waals surface area contributed by atoms with Crippen LogP contribution in [-0.2, 0) is 23.7 Å². The zero-order valence-corrected chi connectivity index (χ0v) is 14.8. The summed E-state index contributed by atoms with van der Waals surface area (Å²) in [6.07, 6.45) is 1.00. The van der Waals surface area contributed by atoms with E-state index < -0.39 is 17.9 Å². The van der Waals surface area contributed by atoms with Crippen molar-refractivity contribution in [1.29, 1.82) is 0 Å². The van der Waals surface area contributed by atoms with Gasteiger partial charge in [0.15, 0.2) is 5.79 Å². The van der Waals surface area contributed by atoms with Crippen molar-refractivity contribution in [2.75, 3.05) is 33.0 Å². The predicted octanol–water partition coefficient (Wildman–Crippen LogP) is 2.58. The van der Waals surface area contributed by atoms with Gasteiger partial charge in [-0.05, 0) is 26.0 Å². The molecule has 2 atom stereocenters. The zero-order valence-electron chi connectivity index (χ0n) is 14.8. The molecule has 1 aromatic carbocycles. The van der Waals surface area contributed by atoms with Crippen LogP contribution in [0.3, 0.4) is 0 Å². The van der Waals surface area contributed by atoms with Gasteiger partial charge >= 0.3 is 5.97 Å². The van der Waals surface area contributed by atoms with Gasteiger partial charge in [-0.2, -0.15) is 0 Å². The van der Waals surface area contributed by atoms with Crippen LogP contribution in [-0.4, -0.2) is 57.0 Å². The molecule has 0 aliphatic carbocycles. The minimum atomic E-state index is -0.583. The molecule has 1 aliphatic heterocycles. The van der Waals surface area contributed by atoms with Crippen molar-refractivity contribution >= 4 is 5.97 Å². The fourth-order valence-electron chi connectivity index (χ4n) is 2.37. The summed E-state index contributed by atoms with van der Waals surface area (Å²) in [7, 11) is 0. The van der Waals surface area contributed by atoms with Crippen molar-refractivity contribution in [3.8, 4) is 0 Å². The van der Waals surface area contributed by atoms with E-state index >= 15 is 0 Å². The molecule has 0 radical (unpaired) electrons. The van der Waals surface area contributed by atoms with E-state index in [9.17, 15) is 4.79 Å². The minimum Gasteiger partial charge on any atom is -0.454 e. The second-order valence-corrected chi connectivity index (χ2v) is 6.21. The fraction of sp³-hybridized carbons (Fsp3) is 0.526. The molecule has 0 saturated carbocycles. The summed E-state index contributed by atoms with van der Waals surface area (Å²) >= 11 is 0. The van der Waals surface area contributed by atoms with E-state index in [1.165, 1.54) is 0 Å². The monoisotopic (exact) mass is 350 g/mol. The van der Waals surface area contributed by atoms with Gasteiger partial charge in [-0.25, -0.2) is 4.79 Å². The molecule has 2 unspecified atom stereocenters. The summed E-state index contributed by atoms with van der Waals surface area (Å²) in [4.78, 5) is 12.2. The van der Waals surface area contributed by atoms with Crippen LogP contribution in [0.25, 0.3) is 0 Å². The number of benzene rings is 1. The van der Waals surface area contributed by atoms with Crippen molar-refractivity contribution in [1.82, 2.24) is 0 Å². The highest BCUT2D eigenvalue weighted by atomic mass is 16.7. The Labute approximate surface area is 148 Å². The smallest absolute Gasteiger partial charge is 0.338 e. The maximum Gasteiger partial charge on any atom is 0.338 e. The molecule has 6 heteroatoms. The maximum atomic E-state index is 12.2. The van der Waals surface area contributed by atoms with Crippen molar-refractivity contribution in [3.63, 3.8) is 0 Å². The summed E-state index contributed by atoms with van der Waals surface area (Å²) in [6.45, 7) is 9.00. The first kappa shape index (κ1) is 19.6. The van der Waals surface area contributed by atoms with E-state index in [1.54, 1.807) is 30.3 Å². The molecule has 138 valence electrons. The lowest BCUT2D eigenvalue weighted by atomic mass is 10.2. The Hall–Kier alpha value is -1.73. The van der Waals surface area contributed by atoms with E-state index in [-0.39, 0.29) is 19.3 Å². The first-order chi connectivity index (χ1) is 12.0. The lowest BCUT2D eigenvalue weighted by Gasteiger charge is -2.20. The molecule has 0 spiro atoms. The number of rotatable bonds is 10. The summed E-state index contributed by atoms with van der Waals surface area (Å²) in [5.41, 5.74) is 0.491.